The molecule has 1 atom stereocenters. The summed E-state index contributed by atoms with van der Waals surface area (Å²) in [5.41, 5.74) is 1.35. The molecule has 7 heteroatoms. The van der Waals surface area contributed by atoms with Crippen LogP contribution < -0.4 is 10.1 Å². The first-order valence-electron chi connectivity index (χ1n) is 9.95. The van der Waals surface area contributed by atoms with Gasteiger partial charge in [0.1, 0.15) is 10.6 Å². The van der Waals surface area contributed by atoms with Crippen LogP contribution >= 0.6 is 11.3 Å². The first-order valence-corrected chi connectivity index (χ1v) is 12.3. The van der Waals surface area contributed by atoms with E-state index in [0.29, 0.717) is 12.3 Å². The largest absolute Gasteiger partial charge is 0.494 e. The Hall–Kier alpha value is -2.64. The van der Waals surface area contributed by atoms with Gasteiger partial charge in [0.05, 0.1) is 17.2 Å². The third-order valence-electron chi connectivity index (χ3n) is 5.13. The number of hydrogen-bond donors (Lipinski definition) is 1. The molecule has 1 aliphatic rings. The van der Waals surface area contributed by atoms with Gasteiger partial charge in [-0.25, -0.2) is 8.42 Å². The number of nitrogens with one attached hydrogen (secondary N) is 1. The zero-order chi connectivity index (χ0) is 21.1. The summed E-state index contributed by atoms with van der Waals surface area (Å²) in [6.45, 7) is 2.76. The van der Waals surface area contributed by atoms with Gasteiger partial charge in [-0.1, -0.05) is 43.7 Å². The molecule has 2 aromatic carbocycles. The van der Waals surface area contributed by atoms with Crippen molar-refractivity contribution in [3.8, 4) is 5.75 Å². The van der Waals surface area contributed by atoms with Gasteiger partial charge < -0.3 is 10.1 Å². The number of benzene rings is 2. The highest BCUT2D eigenvalue weighted by Gasteiger charge is 2.34. The van der Waals surface area contributed by atoms with E-state index in [9.17, 15) is 13.2 Å². The quantitative estimate of drug-likeness (QED) is 0.509. The number of fused-ring (bicyclic) bond motifs is 1. The molecular weight excluding hydrogens is 418 g/mol. The van der Waals surface area contributed by atoms with Crippen LogP contribution in [0.2, 0.25) is 0 Å². The fraction of sp³-hybridized carbons (Fsp3) is 0.261. The van der Waals surface area contributed by atoms with Crippen molar-refractivity contribution in [3.63, 3.8) is 0 Å². The molecule has 1 amide bonds. The molecule has 1 aromatic heterocycles. The number of ether oxygens (including phenoxy) is 1. The van der Waals surface area contributed by atoms with E-state index in [1.165, 1.54) is 11.3 Å². The number of amides is 1. The number of rotatable bonds is 7. The lowest BCUT2D eigenvalue weighted by molar-refractivity contribution is -0.116. The Balaban J connectivity index is 1.71. The van der Waals surface area contributed by atoms with Crippen molar-refractivity contribution < 1.29 is 17.9 Å². The molecule has 0 aliphatic carbocycles. The minimum atomic E-state index is -3.72. The van der Waals surface area contributed by atoms with Crippen molar-refractivity contribution >= 4 is 32.8 Å². The van der Waals surface area contributed by atoms with Crippen LogP contribution in [-0.2, 0) is 14.6 Å². The molecule has 5 nitrogen and oxygen atoms in total. The highest BCUT2D eigenvalue weighted by atomic mass is 32.2. The Bertz CT molecular complexity index is 1150. The van der Waals surface area contributed by atoms with Crippen molar-refractivity contribution in [3.05, 3.63) is 70.4 Å². The summed E-state index contributed by atoms with van der Waals surface area (Å²) >= 11 is 1.37. The molecular formula is C23H23NO4S2. The van der Waals surface area contributed by atoms with E-state index < -0.39 is 9.84 Å². The highest BCUT2D eigenvalue weighted by molar-refractivity contribution is 7.91. The average molecular weight is 442 g/mol. The third-order valence-corrected chi connectivity index (χ3v) is 8.17. The summed E-state index contributed by atoms with van der Waals surface area (Å²) in [4.78, 5) is 13.7. The summed E-state index contributed by atoms with van der Waals surface area (Å²) in [6.07, 6.45) is 2.31. The van der Waals surface area contributed by atoms with E-state index in [-0.39, 0.29) is 28.0 Å². The van der Waals surface area contributed by atoms with Crippen LogP contribution in [0, 0.1) is 0 Å². The van der Waals surface area contributed by atoms with Crippen molar-refractivity contribution in [1.29, 1.82) is 0 Å². The topological polar surface area (TPSA) is 72.5 Å². The molecule has 0 fully saturated rings. The lowest BCUT2D eigenvalue weighted by atomic mass is 9.90. The van der Waals surface area contributed by atoms with Crippen molar-refractivity contribution in [2.75, 3.05) is 11.9 Å². The summed E-state index contributed by atoms with van der Waals surface area (Å²) in [6, 6.07) is 16.0. The number of thiophene rings is 1. The van der Waals surface area contributed by atoms with Crippen molar-refractivity contribution in [1.82, 2.24) is 0 Å². The second-order valence-corrected chi connectivity index (χ2v) is 10.1. The standard InChI is InChI=1S/C23H23NO4S2/c1-2-3-12-28-17-9-7-8-16(13-17)19-14-21(25)24-22-20(15-29-23(19)22)30(26,27)18-10-5-4-6-11-18/h4-11,13,15,19H,2-3,12,14H2,1H3,(H,24,25)/t19-/m0/s1. The minimum Gasteiger partial charge on any atom is -0.494 e. The van der Waals surface area contributed by atoms with E-state index in [2.05, 4.69) is 12.2 Å². The van der Waals surface area contributed by atoms with Crippen molar-refractivity contribution in [2.24, 2.45) is 0 Å². The average Bonchev–Trinajstić information content (AvgIpc) is 3.19. The maximum absolute atomic E-state index is 13.2. The molecule has 1 aliphatic heterocycles. The Morgan fingerprint density at radius 3 is 2.70 bits per heavy atom. The normalized spacial score (nSPS) is 16.0. The van der Waals surface area contributed by atoms with Crippen LogP contribution in [0.3, 0.4) is 0 Å². The van der Waals surface area contributed by atoms with E-state index >= 15 is 0 Å². The first kappa shape index (κ1) is 20.6. The smallest absolute Gasteiger partial charge is 0.225 e. The maximum atomic E-state index is 13.2. The summed E-state index contributed by atoms with van der Waals surface area (Å²) in [5, 5.41) is 4.43. The van der Waals surface area contributed by atoms with Gasteiger partial charge in [0.15, 0.2) is 0 Å². The Kier molecular flexibility index (Phi) is 5.92. The van der Waals surface area contributed by atoms with Crippen LogP contribution in [-0.4, -0.2) is 20.9 Å². The maximum Gasteiger partial charge on any atom is 0.225 e. The monoisotopic (exact) mass is 441 g/mol. The molecule has 0 unspecified atom stereocenters. The number of hydrogen-bond acceptors (Lipinski definition) is 5. The zero-order valence-corrected chi connectivity index (χ0v) is 18.3. The van der Waals surface area contributed by atoms with Crippen LogP contribution in [0.15, 0.2) is 69.8 Å². The zero-order valence-electron chi connectivity index (χ0n) is 16.6. The summed E-state index contributed by atoms with van der Waals surface area (Å²) in [7, 11) is -3.72. The van der Waals surface area contributed by atoms with E-state index in [4.69, 9.17) is 4.74 Å². The first-order chi connectivity index (χ1) is 14.5. The Morgan fingerprint density at radius 1 is 1.13 bits per heavy atom. The lowest BCUT2D eigenvalue weighted by Gasteiger charge is -2.24. The predicted molar refractivity (Wildman–Crippen MR) is 118 cm³/mol. The molecule has 156 valence electrons. The molecule has 0 radical (unpaired) electrons. The van der Waals surface area contributed by atoms with Gasteiger partial charge in [-0.2, -0.15) is 0 Å². The fourth-order valence-electron chi connectivity index (χ4n) is 3.55. The molecule has 0 saturated carbocycles. The highest BCUT2D eigenvalue weighted by Crippen LogP contribution is 2.46. The van der Waals surface area contributed by atoms with Crippen molar-refractivity contribution in [2.45, 2.75) is 41.9 Å². The second-order valence-electron chi connectivity index (χ2n) is 7.24. The predicted octanol–water partition coefficient (Wildman–Crippen LogP) is 5.23. The van der Waals surface area contributed by atoms with E-state index in [0.717, 1.165) is 29.0 Å². The van der Waals surface area contributed by atoms with Gasteiger partial charge >= 0.3 is 0 Å². The van der Waals surface area contributed by atoms with Crippen LogP contribution in [0.5, 0.6) is 5.75 Å². The molecule has 2 heterocycles. The van der Waals surface area contributed by atoms with E-state index in [1.54, 1.807) is 35.7 Å². The molecule has 0 saturated heterocycles. The van der Waals surface area contributed by atoms with Crippen LogP contribution in [0.25, 0.3) is 0 Å². The fourth-order valence-corrected chi connectivity index (χ4v) is 6.48. The van der Waals surface area contributed by atoms with Crippen LogP contribution in [0.1, 0.15) is 42.5 Å². The molecule has 0 spiro atoms. The number of sulfone groups is 1. The van der Waals surface area contributed by atoms with Gasteiger partial charge in [-0.15, -0.1) is 11.3 Å². The molecule has 0 bridgehead atoms. The minimum absolute atomic E-state index is 0.155. The summed E-state index contributed by atoms with van der Waals surface area (Å²) < 4.78 is 32.1. The van der Waals surface area contributed by atoms with Gasteiger partial charge in [0.2, 0.25) is 15.7 Å². The van der Waals surface area contributed by atoms with Crippen LogP contribution in [0.4, 0.5) is 5.69 Å². The SMILES string of the molecule is CCCCOc1cccc([C@@H]2CC(=O)Nc3c(S(=O)(=O)c4ccccc4)csc32)c1. The molecule has 4 rings (SSSR count). The lowest BCUT2D eigenvalue weighted by Crippen LogP contribution is -2.23. The molecule has 3 aromatic rings. The third kappa shape index (κ3) is 4.00. The Labute approximate surface area is 180 Å². The Morgan fingerprint density at radius 2 is 1.93 bits per heavy atom. The number of carbonyl (C=O) groups excluding carboxylic acids is 1. The summed E-state index contributed by atoms with van der Waals surface area (Å²) in [5.74, 6) is 0.378. The second kappa shape index (κ2) is 8.62. The number of carbonyl (C=O) groups is 1. The van der Waals surface area contributed by atoms with Gasteiger partial charge in [0, 0.05) is 22.6 Å². The van der Waals surface area contributed by atoms with Gasteiger partial charge in [-0.3, -0.25) is 4.79 Å². The molecule has 30 heavy (non-hydrogen) atoms. The van der Waals surface area contributed by atoms with Gasteiger partial charge in [-0.05, 0) is 36.2 Å². The molecule has 1 N–H and O–H groups in total. The number of unbranched alkanes of at least 4 members (excludes halogenated alkanes) is 1. The number of anilines is 1. The van der Waals surface area contributed by atoms with E-state index in [1.807, 2.05) is 24.3 Å². The van der Waals surface area contributed by atoms with Gasteiger partial charge in [0.25, 0.3) is 0 Å².